The molecule has 2 atom stereocenters. The number of carbonyl (C=O) groups is 1. The predicted octanol–water partition coefficient (Wildman–Crippen LogP) is -0.300. The molecule has 1 amide bonds. The SMILES string of the molecule is CC.CNC(C)COC(=O)NCC(O)CO. The van der Waals surface area contributed by atoms with Gasteiger partial charge >= 0.3 is 6.09 Å². The zero-order valence-corrected chi connectivity index (χ0v) is 10.5. The van der Waals surface area contributed by atoms with Crippen LogP contribution in [0.2, 0.25) is 0 Å². The summed E-state index contributed by atoms with van der Waals surface area (Å²) in [5.74, 6) is 0. The number of ether oxygens (including phenoxy) is 1. The zero-order chi connectivity index (χ0) is 13.0. The van der Waals surface area contributed by atoms with Crippen molar-refractivity contribution in [2.24, 2.45) is 0 Å². The molecule has 0 saturated heterocycles. The lowest BCUT2D eigenvalue weighted by atomic mass is 10.4. The topological polar surface area (TPSA) is 90.8 Å². The third-order valence-corrected chi connectivity index (χ3v) is 1.65. The second-order valence-electron chi connectivity index (χ2n) is 3.01. The summed E-state index contributed by atoms with van der Waals surface area (Å²) >= 11 is 0. The lowest BCUT2D eigenvalue weighted by Gasteiger charge is -2.12. The number of likely N-dealkylation sites (N-methyl/N-ethyl adjacent to an activating group) is 1. The smallest absolute Gasteiger partial charge is 0.407 e. The fourth-order valence-electron chi connectivity index (χ4n) is 0.601. The molecule has 0 aliphatic heterocycles. The Kier molecular flexibility index (Phi) is 13.4. The summed E-state index contributed by atoms with van der Waals surface area (Å²) < 4.78 is 4.78. The van der Waals surface area contributed by atoms with E-state index in [1.165, 1.54) is 0 Å². The van der Waals surface area contributed by atoms with Gasteiger partial charge in [-0.2, -0.15) is 0 Å². The first-order valence-electron chi connectivity index (χ1n) is 5.47. The summed E-state index contributed by atoms with van der Waals surface area (Å²) in [6.07, 6.45) is -1.54. The van der Waals surface area contributed by atoms with Crippen molar-refractivity contribution in [3.63, 3.8) is 0 Å². The van der Waals surface area contributed by atoms with E-state index in [1.807, 2.05) is 20.8 Å². The van der Waals surface area contributed by atoms with E-state index < -0.39 is 12.2 Å². The van der Waals surface area contributed by atoms with Crippen molar-refractivity contribution < 1.29 is 19.7 Å². The number of rotatable bonds is 6. The third kappa shape index (κ3) is 11.2. The van der Waals surface area contributed by atoms with Gasteiger partial charge in [0.25, 0.3) is 0 Å². The molecule has 0 aromatic heterocycles. The van der Waals surface area contributed by atoms with Crippen LogP contribution in [0.5, 0.6) is 0 Å². The van der Waals surface area contributed by atoms with Gasteiger partial charge in [-0.05, 0) is 14.0 Å². The van der Waals surface area contributed by atoms with Crippen molar-refractivity contribution in [2.45, 2.75) is 32.9 Å². The number of aliphatic hydroxyl groups is 2. The monoisotopic (exact) mass is 236 g/mol. The number of aliphatic hydroxyl groups excluding tert-OH is 2. The lowest BCUT2D eigenvalue weighted by molar-refractivity contribution is 0.0874. The molecular weight excluding hydrogens is 212 g/mol. The molecule has 16 heavy (non-hydrogen) atoms. The van der Waals surface area contributed by atoms with Gasteiger partial charge in [-0.15, -0.1) is 0 Å². The molecule has 0 aliphatic carbocycles. The van der Waals surface area contributed by atoms with Crippen molar-refractivity contribution in [3.8, 4) is 0 Å². The van der Waals surface area contributed by atoms with Crippen LogP contribution in [-0.4, -0.2) is 55.3 Å². The maximum Gasteiger partial charge on any atom is 0.407 e. The first kappa shape index (κ1) is 17.5. The van der Waals surface area contributed by atoms with Crippen LogP contribution in [0.3, 0.4) is 0 Å². The van der Waals surface area contributed by atoms with Gasteiger partial charge in [0, 0.05) is 12.6 Å². The number of hydrogen-bond donors (Lipinski definition) is 4. The van der Waals surface area contributed by atoms with Gasteiger partial charge in [0.05, 0.1) is 12.7 Å². The molecule has 0 aromatic carbocycles. The van der Waals surface area contributed by atoms with Crippen LogP contribution in [0.4, 0.5) is 4.79 Å². The second kappa shape index (κ2) is 12.2. The molecule has 0 spiro atoms. The average Bonchev–Trinajstić information content (AvgIpc) is 2.35. The van der Waals surface area contributed by atoms with Crippen molar-refractivity contribution in [2.75, 3.05) is 26.8 Å². The highest BCUT2D eigenvalue weighted by Crippen LogP contribution is 1.85. The van der Waals surface area contributed by atoms with E-state index >= 15 is 0 Å². The van der Waals surface area contributed by atoms with Gasteiger partial charge in [0.1, 0.15) is 6.61 Å². The van der Waals surface area contributed by atoms with Gasteiger partial charge in [-0.3, -0.25) is 0 Å². The molecule has 6 nitrogen and oxygen atoms in total. The quantitative estimate of drug-likeness (QED) is 0.508. The van der Waals surface area contributed by atoms with Crippen LogP contribution in [-0.2, 0) is 4.74 Å². The molecule has 0 aliphatic rings. The summed E-state index contributed by atoms with van der Waals surface area (Å²) in [5.41, 5.74) is 0. The van der Waals surface area contributed by atoms with Gasteiger partial charge in [0.2, 0.25) is 0 Å². The molecule has 0 saturated carbocycles. The highest BCUT2D eigenvalue weighted by molar-refractivity contribution is 5.67. The fraction of sp³-hybridized carbons (Fsp3) is 0.900. The number of nitrogens with one attached hydrogen (secondary N) is 2. The van der Waals surface area contributed by atoms with Crippen LogP contribution >= 0.6 is 0 Å². The Bertz CT molecular complexity index is 151. The maximum absolute atomic E-state index is 10.9. The van der Waals surface area contributed by atoms with E-state index in [4.69, 9.17) is 14.9 Å². The Labute approximate surface area is 97.0 Å². The van der Waals surface area contributed by atoms with Crippen LogP contribution in [0, 0.1) is 0 Å². The largest absolute Gasteiger partial charge is 0.448 e. The highest BCUT2D eigenvalue weighted by atomic mass is 16.5. The van der Waals surface area contributed by atoms with Crippen molar-refractivity contribution in [1.29, 1.82) is 0 Å². The van der Waals surface area contributed by atoms with Crippen molar-refractivity contribution >= 4 is 6.09 Å². The van der Waals surface area contributed by atoms with E-state index in [2.05, 4.69) is 10.6 Å². The Balaban J connectivity index is 0. The molecule has 0 bridgehead atoms. The van der Waals surface area contributed by atoms with Gasteiger partial charge in [0.15, 0.2) is 0 Å². The van der Waals surface area contributed by atoms with E-state index in [-0.39, 0.29) is 25.8 Å². The molecule has 2 unspecified atom stereocenters. The standard InChI is InChI=1S/C8H18N2O4.C2H6/c1-6(9-2)5-14-8(13)10-3-7(12)4-11;1-2/h6-7,9,11-12H,3-5H2,1-2H3,(H,10,13);1-2H3. The summed E-state index contributed by atoms with van der Waals surface area (Å²) in [6, 6.07) is 0.0866. The molecule has 0 rings (SSSR count). The summed E-state index contributed by atoms with van der Waals surface area (Å²) in [4.78, 5) is 10.9. The molecule has 0 radical (unpaired) electrons. The molecule has 4 N–H and O–H groups in total. The van der Waals surface area contributed by atoms with Crippen LogP contribution in [0.1, 0.15) is 20.8 Å². The van der Waals surface area contributed by atoms with Gasteiger partial charge in [-0.1, -0.05) is 13.8 Å². The normalized spacial score (nSPS) is 13.1. The predicted molar refractivity (Wildman–Crippen MR) is 62.3 cm³/mol. The number of alkyl carbamates (subject to hydrolysis) is 1. The van der Waals surface area contributed by atoms with Crippen LogP contribution in [0.15, 0.2) is 0 Å². The van der Waals surface area contributed by atoms with Crippen molar-refractivity contribution in [3.05, 3.63) is 0 Å². The van der Waals surface area contributed by atoms with E-state index in [1.54, 1.807) is 7.05 Å². The van der Waals surface area contributed by atoms with Crippen LogP contribution < -0.4 is 10.6 Å². The number of carbonyl (C=O) groups excluding carboxylic acids is 1. The van der Waals surface area contributed by atoms with E-state index in [9.17, 15) is 4.79 Å². The molecule has 0 fully saturated rings. The fourth-order valence-corrected chi connectivity index (χ4v) is 0.601. The first-order chi connectivity index (χ1) is 7.60. The first-order valence-corrected chi connectivity index (χ1v) is 5.47. The van der Waals surface area contributed by atoms with E-state index in [0.717, 1.165) is 0 Å². The minimum atomic E-state index is -0.940. The summed E-state index contributed by atoms with van der Waals surface area (Å²) in [6.45, 7) is 5.74. The Morgan fingerprint density at radius 1 is 1.44 bits per heavy atom. The minimum absolute atomic E-state index is 0.0106. The second-order valence-corrected chi connectivity index (χ2v) is 3.01. The highest BCUT2D eigenvalue weighted by Gasteiger charge is 2.07. The lowest BCUT2D eigenvalue weighted by Crippen LogP contribution is -2.36. The molecule has 0 aromatic rings. The summed E-state index contributed by atoms with van der Waals surface area (Å²) in [5, 5.41) is 22.6. The average molecular weight is 236 g/mol. The number of amides is 1. The van der Waals surface area contributed by atoms with Crippen molar-refractivity contribution in [1.82, 2.24) is 10.6 Å². The van der Waals surface area contributed by atoms with Gasteiger partial charge in [-0.25, -0.2) is 4.79 Å². The van der Waals surface area contributed by atoms with Gasteiger partial charge < -0.3 is 25.6 Å². The molecule has 98 valence electrons. The minimum Gasteiger partial charge on any atom is -0.448 e. The molecule has 6 heteroatoms. The van der Waals surface area contributed by atoms with E-state index in [0.29, 0.717) is 0 Å². The molecule has 0 heterocycles. The maximum atomic E-state index is 10.9. The Morgan fingerprint density at radius 2 is 2.00 bits per heavy atom. The molecular formula is C10H24N2O4. The Hall–Kier alpha value is -0.850. The van der Waals surface area contributed by atoms with Crippen LogP contribution in [0.25, 0.3) is 0 Å². The zero-order valence-electron chi connectivity index (χ0n) is 10.5. The summed E-state index contributed by atoms with van der Waals surface area (Å²) in [7, 11) is 1.77. The Morgan fingerprint density at radius 3 is 2.44 bits per heavy atom. The third-order valence-electron chi connectivity index (χ3n) is 1.65. The number of hydrogen-bond acceptors (Lipinski definition) is 5.